The lowest BCUT2D eigenvalue weighted by atomic mass is 9.52. The van der Waals surface area contributed by atoms with Crippen LogP contribution in [0.25, 0.3) is 0 Å². The van der Waals surface area contributed by atoms with Gasteiger partial charge >= 0.3 is 0 Å². The number of nitrogens with one attached hydrogen (secondary N) is 2. The van der Waals surface area contributed by atoms with Crippen LogP contribution in [0.2, 0.25) is 0 Å². The van der Waals surface area contributed by atoms with Crippen LogP contribution in [0.15, 0.2) is 36.4 Å². The highest BCUT2D eigenvalue weighted by Crippen LogP contribution is 2.55. The summed E-state index contributed by atoms with van der Waals surface area (Å²) in [6, 6.07) is 11.3. The number of carbonyl (C=O) groups is 2. The van der Waals surface area contributed by atoms with Crippen LogP contribution >= 0.6 is 0 Å². The van der Waals surface area contributed by atoms with E-state index in [1.807, 2.05) is 37.3 Å². The SMILES string of the molecule is CNC(=O)c1cc(C(=O)NC2[C@H]3C[C@H]4C[C@H]2C[C@](O)(C3)C4)n([C@@H](C)c2ccccc2)n1. The summed E-state index contributed by atoms with van der Waals surface area (Å²) in [7, 11) is 1.56. The van der Waals surface area contributed by atoms with Gasteiger partial charge in [-0.15, -0.1) is 0 Å². The first-order chi connectivity index (χ1) is 14.9. The highest BCUT2D eigenvalue weighted by molar-refractivity contribution is 5.98. The molecule has 2 aromatic rings. The average molecular weight is 423 g/mol. The van der Waals surface area contributed by atoms with Crippen LogP contribution in [0.5, 0.6) is 0 Å². The minimum absolute atomic E-state index is 0.0724. The molecule has 0 spiro atoms. The Hall–Kier alpha value is -2.67. The fraction of sp³-hybridized carbons (Fsp3) is 0.542. The normalized spacial score (nSPS) is 32.0. The van der Waals surface area contributed by atoms with Gasteiger partial charge in [0.2, 0.25) is 0 Å². The van der Waals surface area contributed by atoms with Crippen LogP contribution in [-0.4, -0.2) is 45.4 Å². The highest BCUT2D eigenvalue weighted by Gasteiger charge is 2.55. The van der Waals surface area contributed by atoms with E-state index in [0.717, 1.165) is 37.7 Å². The third kappa shape index (κ3) is 3.55. The number of aliphatic hydroxyl groups is 1. The molecular weight excluding hydrogens is 392 g/mol. The molecular formula is C24H30N4O3. The van der Waals surface area contributed by atoms with Gasteiger partial charge in [0.15, 0.2) is 5.69 Å². The van der Waals surface area contributed by atoms with E-state index in [9.17, 15) is 14.7 Å². The number of hydrogen-bond acceptors (Lipinski definition) is 4. The molecule has 0 unspecified atom stereocenters. The summed E-state index contributed by atoms with van der Waals surface area (Å²) in [5.74, 6) is 0.710. The first kappa shape index (κ1) is 20.2. The molecule has 4 bridgehead atoms. The Morgan fingerprint density at radius 3 is 2.42 bits per heavy atom. The summed E-state index contributed by atoms with van der Waals surface area (Å²) in [6.45, 7) is 1.98. The molecule has 1 heterocycles. The van der Waals surface area contributed by atoms with Crippen molar-refractivity contribution in [2.24, 2.45) is 17.8 Å². The number of hydrogen-bond donors (Lipinski definition) is 3. The van der Waals surface area contributed by atoms with E-state index in [1.165, 1.54) is 0 Å². The lowest BCUT2D eigenvalue weighted by Crippen LogP contribution is -2.61. The van der Waals surface area contributed by atoms with E-state index in [1.54, 1.807) is 17.8 Å². The van der Waals surface area contributed by atoms with Crippen molar-refractivity contribution in [2.45, 2.75) is 56.7 Å². The van der Waals surface area contributed by atoms with Crippen molar-refractivity contribution in [2.75, 3.05) is 7.05 Å². The van der Waals surface area contributed by atoms with E-state index in [0.29, 0.717) is 23.4 Å². The second-order valence-corrected chi connectivity index (χ2v) is 9.72. The summed E-state index contributed by atoms with van der Waals surface area (Å²) in [4.78, 5) is 25.7. The summed E-state index contributed by atoms with van der Waals surface area (Å²) in [5.41, 5.74) is 1.10. The average Bonchev–Trinajstić information content (AvgIpc) is 3.20. The van der Waals surface area contributed by atoms with Crippen molar-refractivity contribution in [3.05, 3.63) is 53.3 Å². The van der Waals surface area contributed by atoms with Crippen LogP contribution in [0.3, 0.4) is 0 Å². The topological polar surface area (TPSA) is 96.3 Å². The van der Waals surface area contributed by atoms with Crippen molar-refractivity contribution in [1.82, 2.24) is 20.4 Å². The number of rotatable bonds is 5. The monoisotopic (exact) mass is 422 g/mol. The molecule has 7 nitrogen and oxygen atoms in total. The van der Waals surface area contributed by atoms with Crippen LogP contribution < -0.4 is 10.6 Å². The first-order valence-corrected chi connectivity index (χ1v) is 11.3. The highest BCUT2D eigenvalue weighted by atomic mass is 16.3. The second-order valence-electron chi connectivity index (χ2n) is 9.72. The van der Waals surface area contributed by atoms with Crippen molar-refractivity contribution in [3.63, 3.8) is 0 Å². The molecule has 3 N–H and O–H groups in total. The molecule has 3 atom stereocenters. The molecule has 164 valence electrons. The van der Waals surface area contributed by atoms with Gasteiger partial charge in [-0.25, -0.2) is 0 Å². The zero-order chi connectivity index (χ0) is 21.8. The molecule has 4 aliphatic rings. The van der Waals surface area contributed by atoms with Gasteiger partial charge in [-0.3, -0.25) is 14.3 Å². The van der Waals surface area contributed by atoms with Crippen molar-refractivity contribution < 1.29 is 14.7 Å². The molecule has 4 aliphatic carbocycles. The molecule has 4 fully saturated rings. The third-order valence-corrected chi connectivity index (χ3v) is 7.62. The fourth-order valence-corrected chi connectivity index (χ4v) is 6.41. The zero-order valence-corrected chi connectivity index (χ0v) is 18.0. The maximum atomic E-state index is 13.4. The Bertz CT molecular complexity index is 986. The fourth-order valence-electron chi connectivity index (χ4n) is 6.41. The molecule has 2 amide bonds. The van der Waals surface area contributed by atoms with E-state index in [-0.39, 0.29) is 29.6 Å². The molecule has 1 aromatic carbocycles. The van der Waals surface area contributed by atoms with Crippen molar-refractivity contribution >= 4 is 11.8 Å². The van der Waals surface area contributed by atoms with Crippen molar-refractivity contribution in [1.29, 1.82) is 0 Å². The molecule has 4 saturated carbocycles. The maximum Gasteiger partial charge on any atom is 0.271 e. The zero-order valence-electron chi connectivity index (χ0n) is 18.0. The first-order valence-electron chi connectivity index (χ1n) is 11.3. The van der Waals surface area contributed by atoms with Gasteiger partial charge < -0.3 is 15.7 Å². The summed E-state index contributed by atoms with van der Waals surface area (Å²) < 4.78 is 1.65. The third-order valence-electron chi connectivity index (χ3n) is 7.62. The maximum absolute atomic E-state index is 13.4. The number of benzene rings is 1. The predicted octanol–water partition coefficient (Wildman–Crippen LogP) is 2.52. The Labute approximate surface area is 182 Å². The minimum atomic E-state index is -0.534. The van der Waals surface area contributed by atoms with Gasteiger partial charge in [0.1, 0.15) is 5.69 Å². The van der Waals surface area contributed by atoms with Crippen LogP contribution in [0.4, 0.5) is 0 Å². The minimum Gasteiger partial charge on any atom is -0.390 e. The molecule has 7 heteroatoms. The Morgan fingerprint density at radius 2 is 1.81 bits per heavy atom. The number of amides is 2. The van der Waals surface area contributed by atoms with Gasteiger partial charge in [-0.2, -0.15) is 5.10 Å². The van der Waals surface area contributed by atoms with Gasteiger partial charge in [0, 0.05) is 19.2 Å². The number of nitrogens with zero attached hydrogens (tertiary/aromatic N) is 2. The quantitative estimate of drug-likeness (QED) is 0.690. The number of carbonyl (C=O) groups excluding carboxylic acids is 2. The lowest BCUT2D eigenvalue weighted by Gasteiger charge is -2.58. The summed E-state index contributed by atoms with van der Waals surface area (Å²) in [6.07, 6.45) is 4.61. The Morgan fingerprint density at radius 1 is 1.13 bits per heavy atom. The summed E-state index contributed by atoms with van der Waals surface area (Å²) in [5, 5.41) is 21.2. The van der Waals surface area contributed by atoms with Crippen LogP contribution in [0, 0.1) is 17.8 Å². The second kappa shape index (κ2) is 7.48. The van der Waals surface area contributed by atoms with Gasteiger partial charge in [0.05, 0.1) is 11.6 Å². The Balaban J connectivity index is 1.43. The standard InChI is InChI=1S/C24H30N4O3/c1-14(16-6-4-3-5-7-16)28-20(10-19(27-28)22(29)25-2)23(30)26-21-17-8-15-9-18(21)13-24(31,11-15)12-17/h3-7,10,14-15,17-18,21,31H,8-9,11-13H2,1-2H3,(H,25,29)(H,26,30)/t14-,15-,17-,18-,21?,24+/m0/s1. The predicted molar refractivity (Wildman–Crippen MR) is 116 cm³/mol. The van der Waals surface area contributed by atoms with E-state index in [4.69, 9.17) is 0 Å². The largest absolute Gasteiger partial charge is 0.390 e. The smallest absolute Gasteiger partial charge is 0.271 e. The molecule has 0 radical (unpaired) electrons. The van der Waals surface area contributed by atoms with E-state index >= 15 is 0 Å². The molecule has 0 aliphatic heterocycles. The molecule has 1 aromatic heterocycles. The van der Waals surface area contributed by atoms with Crippen LogP contribution in [0.1, 0.15) is 71.6 Å². The lowest BCUT2D eigenvalue weighted by molar-refractivity contribution is -0.137. The van der Waals surface area contributed by atoms with Crippen molar-refractivity contribution in [3.8, 4) is 0 Å². The Kier molecular flexibility index (Phi) is 4.88. The van der Waals surface area contributed by atoms with Gasteiger partial charge in [-0.05, 0) is 62.3 Å². The van der Waals surface area contributed by atoms with Gasteiger partial charge in [0.25, 0.3) is 11.8 Å². The number of aromatic nitrogens is 2. The van der Waals surface area contributed by atoms with Crippen LogP contribution in [-0.2, 0) is 0 Å². The van der Waals surface area contributed by atoms with Gasteiger partial charge in [-0.1, -0.05) is 30.3 Å². The van der Waals surface area contributed by atoms with E-state index in [2.05, 4.69) is 15.7 Å². The summed E-state index contributed by atoms with van der Waals surface area (Å²) >= 11 is 0. The molecule has 31 heavy (non-hydrogen) atoms. The van der Waals surface area contributed by atoms with E-state index < -0.39 is 5.60 Å². The molecule has 0 saturated heterocycles. The molecule has 6 rings (SSSR count).